The fraction of sp³-hybridized carbons (Fsp3) is 0.923. The highest BCUT2D eigenvalue weighted by molar-refractivity contribution is 5.17. The first-order chi connectivity index (χ1) is 7.59. The molecule has 90 valence electrons. The molecule has 1 heterocycles. The quantitative estimate of drug-likeness (QED) is 0.724. The minimum absolute atomic E-state index is 0.00984. The summed E-state index contributed by atoms with van der Waals surface area (Å²) in [4.78, 5) is 4.70. The molecule has 2 aliphatic rings. The number of hydrogen-bond acceptors (Lipinski definition) is 3. The molecule has 1 saturated heterocycles. The number of likely N-dealkylation sites (tertiary alicyclic amines) is 1. The molecular formula is C13H23N3. The fourth-order valence-corrected chi connectivity index (χ4v) is 3.32. The predicted molar refractivity (Wildman–Crippen MR) is 65.0 cm³/mol. The van der Waals surface area contributed by atoms with E-state index in [1.807, 2.05) is 0 Å². The first-order valence-corrected chi connectivity index (χ1v) is 6.35. The van der Waals surface area contributed by atoms with Gasteiger partial charge in [-0.05, 0) is 65.8 Å². The van der Waals surface area contributed by atoms with Crippen LogP contribution in [0.1, 0.15) is 25.7 Å². The summed E-state index contributed by atoms with van der Waals surface area (Å²) in [5.41, 5.74) is -0.00984. The molecule has 0 aromatic heterocycles. The van der Waals surface area contributed by atoms with Crippen LogP contribution in [0.25, 0.3) is 0 Å². The van der Waals surface area contributed by atoms with E-state index in [0.717, 1.165) is 12.8 Å². The Kier molecular flexibility index (Phi) is 3.23. The second-order valence-electron chi connectivity index (χ2n) is 5.82. The average molecular weight is 221 g/mol. The van der Waals surface area contributed by atoms with E-state index in [1.165, 1.54) is 25.9 Å². The Hall–Kier alpha value is -0.590. The summed E-state index contributed by atoms with van der Waals surface area (Å²) in [6.45, 7) is 2.38. The molecule has 2 rings (SSSR count). The predicted octanol–water partition coefficient (Wildman–Crippen LogP) is 1.56. The largest absolute Gasteiger partial charge is 0.306 e. The zero-order valence-electron chi connectivity index (χ0n) is 10.7. The van der Waals surface area contributed by atoms with Crippen LogP contribution in [-0.4, -0.2) is 50.1 Å². The molecule has 0 aromatic rings. The molecule has 1 aliphatic carbocycles. The molecule has 3 nitrogen and oxygen atoms in total. The van der Waals surface area contributed by atoms with Crippen molar-refractivity contribution in [1.82, 2.24) is 9.80 Å². The summed E-state index contributed by atoms with van der Waals surface area (Å²) in [5.74, 6) is 0.716. The van der Waals surface area contributed by atoms with Crippen molar-refractivity contribution in [2.45, 2.75) is 31.7 Å². The second kappa shape index (κ2) is 4.35. The lowest BCUT2D eigenvalue weighted by molar-refractivity contribution is 0.0981. The first kappa shape index (κ1) is 11.9. The summed E-state index contributed by atoms with van der Waals surface area (Å²) < 4.78 is 0. The zero-order chi connectivity index (χ0) is 11.8. The topological polar surface area (TPSA) is 30.3 Å². The molecule has 1 saturated carbocycles. The maximum Gasteiger partial charge on any atom is 0.0732 e. The Balaban J connectivity index is 2.06. The molecule has 0 radical (unpaired) electrons. The first-order valence-electron chi connectivity index (χ1n) is 6.35. The molecule has 0 bridgehead atoms. The van der Waals surface area contributed by atoms with Crippen LogP contribution in [-0.2, 0) is 0 Å². The van der Waals surface area contributed by atoms with E-state index in [-0.39, 0.29) is 5.41 Å². The van der Waals surface area contributed by atoms with E-state index < -0.39 is 0 Å². The van der Waals surface area contributed by atoms with Crippen LogP contribution in [0.4, 0.5) is 0 Å². The maximum absolute atomic E-state index is 9.37. The van der Waals surface area contributed by atoms with E-state index in [2.05, 4.69) is 37.0 Å². The molecule has 16 heavy (non-hydrogen) atoms. The molecule has 1 atom stereocenters. The van der Waals surface area contributed by atoms with E-state index in [1.54, 1.807) is 0 Å². The van der Waals surface area contributed by atoms with E-state index in [9.17, 15) is 5.26 Å². The third-order valence-electron chi connectivity index (χ3n) is 4.34. The van der Waals surface area contributed by atoms with Gasteiger partial charge in [-0.2, -0.15) is 5.26 Å². The van der Waals surface area contributed by atoms with E-state index in [0.29, 0.717) is 12.0 Å². The minimum Gasteiger partial charge on any atom is -0.306 e. The van der Waals surface area contributed by atoms with Gasteiger partial charge in [-0.25, -0.2) is 0 Å². The van der Waals surface area contributed by atoms with Crippen molar-refractivity contribution in [2.75, 3.05) is 34.2 Å². The maximum atomic E-state index is 9.37. The normalized spacial score (nSPS) is 27.7. The number of rotatable bonds is 3. The van der Waals surface area contributed by atoms with Crippen molar-refractivity contribution in [1.29, 1.82) is 5.26 Å². The lowest BCUT2D eigenvalue weighted by Gasteiger charge is -2.40. The standard InChI is InChI=1S/C13H23N3/c1-15(2)12(13(10-14)6-7-13)11-4-8-16(3)9-5-11/h11-12H,4-9H2,1-3H3. The van der Waals surface area contributed by atoms with Crippen molar-refractivity contribution in [3.05, 3.63) is 0 Å². The Labute approximate surface area is 99.0 Å². The summed E-state index contributed by atoms with van der Waals surface area (Å²) in [6.07, 6.45) is 4.73. The van der Waals surface area contributed by atoms with Crippen molar-refractivity contribution in [2.24, 2.45) is 11.3 Å². The van der Waals surface area contributed by atoms with Gasteiger partial charge in [0.2, 0.25) is 0 Å². The second-order valence-corrected chi connectivity index (χ2v) is 5.82. The zero-order valence-corrected chi connectivity index (χ0v) is 10.7. The van der Waals surface area contributed by atoms with Crippen LogP contribution in [0.2, 0.25) is 0 Å². The van der Waals surface area contributed by atoms with Gasteiger partial charge in [0, 0.05) is 6.04 Å². The molecule has 0 aromatic carbocycles. The van der Waals surface area contributed by atoms with Gasteiger partial charge in [-0.1, -0.05) is 0 Å². The Bertz CT molecular complexity index is 280. The van der Waals surface area contributed by atoms with Crippen molar-refractivity contribution in [3.63, 3.8) is 0 Å². The molecular weight excluding hydrogens is 198 g/mol. The molecule has 1 unspecified atom stereocenters. The van der Waals surface area contributed by atoms with E-state index in [4.69, 9.17) is 0 Å². The van der Waals surface area contributed by atoms with Crippen molar-refractivity contribution >= 4 is 0 Å². The van der Waals surface area contributed by atoms with Gasteiger partial charge in [-0.15, -0.1) is 0 Å². The highest BCUT2D eigenvalue weighted by Gasteiger charge is 2.53. The van der Waals surface area contributed by atoms with Gasteiger partial charge < -0.3 is 9.80 Å². The molecule has 0 N–H and O–H groups in total. The highest BCUT2D eigenvalue weighted by Crippen LogP contribution is 2.52. The van der Waals surface area contributed by atoms with Crippen LogP contribution < -0.4 is 0 Å². The van der Waals surface area contributed by atoms with Gasteiger partial charge in [-0.3, -0.25) is 0 Å². The van der Waals surface area contributed by atoms with Crippen LogP contribution in [0.5, 0.6) is 0 Å². The molecule has 0 amide bonds. The number of hydrogen-bond donors (Lipinski definition) is 0. The van der Waals surface area contributed by atoms with Crippen LogP contribution in [0.3, 0.4) is 0 Å². The smallest absolute Gasteiger partial charge is 0.0732 e. The van der Waals surface area contributed by atoms with Gasteiger partial charge >= 0.3 is 0 Å². The molecule has 1 aliphatic heterocycles. The van der Waals surface area contributed by atoms with Gasteiger partial charge in [0.05, 0.1) is 11.5 Å². The molecule has 3 heteroatoms. The van der Waals surface area contributed by atoms with Gasteiger partial charge in [0.1, 0.15) is 0 Å². The third kappa shape index (κ3) is 2.09. The summed E-state index contributed by atoms with van der Waals surface area (Å²) in [5, 5.41) is 9.37. The van der Waals surface area contributed by atoms with Crippen LogP contribution >= 0.6 is 0 Å². The van der Waals surface area contributed by atoms with Crippen LogP contribution in [0.15, 0.2) is 0 Å². The van der Waals surface area contributed by atoms with Gasteiger partial charge in [0.25, 0.3) is 0 Å². The monoisotopic (exact) mass is 221 g/mol. The summed E-state index contributed by atoms with van der Waals surface area (Å²) in [6, 6.07) is 3.07. The minimum atomic E-state index is -0.00984. The number of nitrogens with zero attached hydrogens (tertiary/aromatic N) is 3. The summed E-state index contributed by atoms with van der Waals surface area (Å²) >= 11 is 0. The Morgan fingerprint density at radius 1 is 1.31 bits per heavy atom. The number of nitriles is 1. The highest BCUT2D eigenvalue weighted by atomic mass is 15.1. The lowest BCUT2D eigenvalue weighted by atomic mass is 9.80. The molecule has 2 fully saturated rings. The molecule has 0 spiro atoms. The average Bonchev–Trinajstić information content (AvgIpc) is 3.02. The summed E-state index contributed by atoms with van der Waals surface area (Å²) in [7, 11) is 6.47. The Morgan fingerprint density at radius 3 is 2.25 bits per heavy atom. The Morgan fingerprint density at radius 2 is 1.88 bits per heavy atom. The van der Waals surface area contributed by atoms with Gasteiger partial charge in [0.15, 0.2) is 0 Å². The van der Waals surface area contributed by atoms with E-state index >= 15 is 0 Å². The number of piperidine rings is 1. The van der Waals surface area contributed by atoms with Crippen molar-refractivity contribution in [3.8, 4) is 6.07 Å². The fourth-order valence-electron chi connectivity index (χ4n) is 3.32. The van der Waals surface area contributed by atoms with Crippen LogP contribution in [0, 0.1) is 22.7 Å². The SMILES string of the molecule is CN1CCC(C(N(C)C)C2(C#N)CC2)CC1. The lowest BCUT2D eigenvalue weighted by Crippen LogP contribution is -2.46. The van der Waals surface area contributed by atoms with Crippen molar-refractivity contribution < 1.29 is 0 Å². The third-order valence-corrected chi connectivity index (χ3v) is 4.34.